The van der Waals surface area contributed by atoms with E-state index in [4.69, 9.17) is 4.74 Å². The number of hydrogen-bond donors (Lipinski definition) is 0. The first-order valence-corrected chi connectivity index (χ1v) is 9.38. The molecule has 2 saturated heterocycles. The van der Waals surface area contributed by atoms with Crippen LogP contribution in [0.15, 0.2) is 65.6 Å². The fourth-order valence-corrected chi connectivity index (χ4v) is 5.11. The van der Waals surface area contributed by atoms with Crippen molar-refractivity contribution in [2.24, 2.45) is 0 Å². The maximum absolute atomic E-state index is 12.9. The van der Waals surface area contributed by atoms with Crippen LogP contribution in [0, 0.1) is 0 Å². The van der Waals surface area contributed by atoms with Crippen molar-refractivity contribution in [2.75, 3.05) is 0 Å². The molecule has 3 atom stereocenters. The van der Waals surface area contributed by atoms with Crippen LogP contribution in [-0.2, 0) is 30.7 Å². The molecule has 0 radical (unpaired) electrons. The molecular weight excluding hydrogens is 342 g/mol. The third-order valence-electron chi connectivity index (χ3n) is 4.57. The molecule has 2 aliphatic heterocycles. The summed E-state index contributed by atoms with van der Waals surface area (Å²) in [6, 6.07) is 16.1. The van der Waals surface area contributed by atoms with Crippen LogP contribution in [-0.4, -0.2) is 42.6 Å². The van der Waals surface area contributed by atoms with Gasteiger partial charge in [0.05, 0.1) is 4.90 Å². The molecule has 2 aromatic carbocycles. The van der Waals surface area contributed by atoms with Crippen LogP contribution in [0.25, 0.3) is 0 Å². The predicted molar refractivity (Wildman–Crippen MR) is 88.1 cm³/mol. The number of benzene rings is 2. The van der Waals surface area contributed by atoms with E-state index in [1.165, 1.54) is 17.0 Å². The molecule has 0 aromatic heterocycles. The van der Waals surface area contributed by atoms with Gasteiger partial charge in [-0.05, 0) is 17.7 Å². The van der Waals surface area contributed by atoms with Crippen LogP contribution in [0.5, 0.6) is 0 Å². The third kappa shape index (κ3) is 2.42. The van der Waals surface area contributed by atoms with E-state index >= 15 is 0 Å². The van der Waals surface area contributed by atoms with Crippen LogP contribution < -0.4 is 0 Å². The van der Waals surface area contributed by atoms with E-state index in [-0.39, 0.29) is 11.4 Å². The first-order valence-electron chi connectivity index (χ1n) is 7.84. The monoisotopic (exact) mass is 357 g/mol. The highest BCUT2D eigenvalue weighted by molar-refractivity contribution is 7.93. The van der Waals surface area contributed by atoms with E-state index in [1.807, 2.05) is 30.3 Å². The van der Waals surface area contributed by atoms with Crippen LogP contribution in [0.2, 0.25) is 0 Å². The fraction of sp³-hybridized carbons (Fsp3) is 0.222. The number of esters is 1. The van der Waals surface area contributed by atoms with Crippen LogP contribution in [0.1, 0.15) is 5.56 Å². The highest BCUT2D eigenvalue weighted by Gasteiger charge is 2.65. The Kier molecular flexibility index (Phi) is 3.61. The third-order valence-corrected chi connectivity index (χ3v) is 6.64. The molecule has 0 saturated carbocycles. The van der Waals surface area contributed by atoms with Gasteiger partial charge < -0.3 is 9.64 Å². The van der Waals surface area contributed by atoms with Gasteiger partial charge in [-0.2, -0.15) is 0 Å². The van der Waals surface area contributed by atoms with Gasteiger partial charge in [-0.15, -0.1) is 0 Å². The van der Waals surface area contributed by atoms with Crippen molar-refractivity contribution in [1.82, 2.24) is 4.90 Å². The average Bonchev–Trinajstić information content (AvgIpc) is 2.84. The average molecular weight is 357 g/mol. The molecule has 1 amide bonds. The number of ether oxygens (including phenoxy) is 1. The zero-order valence-electron chi connectivity index (χ0n) is 13.1. The zero-order valence-corrected chi connectivity index (χ0v) is 13.9. The second-order valence-electron chi connectivity index (χ2n) is 6.08. The standard InChI is InChI=1S/C18H15NO5S/c20-17-16(25(22,23)13-9-5-2-6-10-13)15-14(18(21)24-15)19(17)11-12-7-3-1-4-8-12/h1-10,14-16H,11H2. The molecule has 3 unspecified atom stereocenters. The summed E-state index contributed by atoms with van der Waals surface area (Å²) in [6.07, 6.45) is -0.950. The molecule has 2 fully saturated rings. The van der Waals surface area contributed by atoms with Crippen molar-refractivity contribution in [1.29, 1.82) is 0 Å². The van der Waals surface area contributed by atoms with Crippen LogP contribution in [0.4, 0.5) is 0 Å². The topological polar surface area (TPSA) is 80.8 Å². The Morgan fingerprint density at radius 1 is 0.920 bits per heavy atom. The van der Waals surface area contributed by atoms with Gasteiger partial charge in [0.1, 0.15) is 0 Å². The molecule has 2 aliphatic rings. The minimum absolute atomic E-state index is 0.0524. The second kappa shape index (κ2) is 5.70. The van der Waals surface area contributed by atoms with E-state index in [1.54, 1.807) is 18.2 Å². The Labute approximate surface area is 144 Å². The smallest absolute Gasteiger partial charge is 0.333 e. The molecule has 7 heteroatoms. The summed E-state index contributed by atoms with van der Waals surface area (Å²) in [4.78, 5) is 26.1. The number of rotatable bonds is 4. The summed E-state index contributed by atoms with van der Waals surface area (Å²) in [5, 5.41) is -1.39. The van der Waals surface area contributed by atoms with Gasteiger partial charge in [-0.1, -0.05) is 48.5 Å². The van der Waals surface area contributed by atoms with Crippen LogP contribution >= 0.6 is 0 Å². The van der Waals surface area contributed by atoms with E-state index < -0.39 is 39.1 Å². The van der Waals surface area contributed by atoms with Gasteiger partial charge in [0.15, 0.2) is 27.2 Å². The largest absolute Gasteiger partial charge is 0.456 e. The summed E-state index contributed by atoms with van der Waals surface area (Å²) in [5.74, 6) is -1.14. The number of fused-ring (bicyclic) bond motifs is 1. The maximum Gasteiger partial charge on any atom is 0.333 e. The van der Waals surface area contributed by atoms with Crippen molar-refractivity contribution in [3.63, 3.8) is 0 Å². The van der Waals surface area contributed by atoms with E-state index in [9.17, 15) is 18.0 Å². The molecule has 0 aliphatic carbocycles. The lowest BCUT2D eigenvalue weighted by Gasteiger charge is -2.34. The number of sulfone groups is 1. The van der Waals surface area contributed by atoms with Crippen molar-refractivity contribution >= 4 is 21.7 Å². The molecule has 0 spiro atoms. The molecule has 6 nitrogen and oxygen atoms in total. The summed E-state index contributed by atoms with van der Waals surface area (Å²) >= 11 is 0. The highest BCUT2D eigenvalue weighted by Crippen LogP contribution is 2.38. The quantitative estimate of drug-likeness (QED) is 0.767. The van der Waals surface area contributed by atoms with Crippen molar-refractivity contribution in [2.45, 2.75) is 28.8 Å². The molecule has 2 heterocycles. The zero-order chi connectivity index (χ0) is 17.6. The Morgan fingerprint density at radius 3 is 2.12 bits per heavy atom. The first kappa shape index (κ1) is 15.8. The SMILES string of the molecule is O=C1OC2C1N(Cc1ccccc1)C(=O)C2S(=O)(=O)c1ccccc1. The Hall–Kier alpha value is -2.67. The summed E-state index contributed by atoms with van der Waals surface area (Å²) < 4.78 is 30.8. The van der Waals surface area contributed by atoms with E-state index in [2.05, 4.69) is 0 Å². The first-order chi connectivity index (χ1) is 12.0. The summed E-state index contributed by atoms with van der Waals surface area (Å²) in [5.41, 5.74) is 0.826. The fourth-order valence-electron chi connectivity index (χ4n) is 3.33. The molecule has 4 rings (SSSR count). The van der Waals surface area contributed by atoms with Crippen molar-refractivity contribution in [3.8, 4) is 0 Å². The summed E-state index contributed by atoms with van der Waals surface area (Å²) in [6.45, 7) is 0.177. The molecular formula is C18H15NO5S. The lowest BCUT2D eigenvalue weighted by Crippen LogP contribution is -2.56. The molecule has 0 bridgehead atoms. The molecule has 0 N–H and O–H groups in total. The Morgan fingerprint density at radius 2 is 1.52 bits per heavy atom. The van der Waals surface area contributed by atoms with Crippen molar-refractivity contribution < 1.29 is 22.7 Å². The van der Waals surface area contributed by atoms with Crippen molar-refractivity contribution in [3.05, 3.63) is 66.2 Å². The number of carbonyl (C=O) groups is 2. The number of likely N-dealkylation sites (tertiary alicyclic amines) is 1. The number of nitrogens with zero attached hydrogens (tertiary/aromatic N) is 1. The van der Waals surface area contributed by atoms with E-state index in [0.717, 1.165) is 5.56 Å². The second-order valence-corrected chi connectivity index (χ2v) is 8.15. The number of carbonyl (C=O) groups excluding carboxylic acids is 2. The normalized spacial score (nSPS) is 25.3. The van der Waals surface area contributed by atoms with Gasteiger partial charge in [0.25, 0.3) is 0 Å². The highest BCUT2D eigenvalue weighted by atomic mass is 32.2. The van der Waals surface area contributed by atoms with Gasteiger partial charge >= 0.3 is 5.97 Å². The van der Waals surface area contributed by atoms with Gasteiger partial charge in [0.2, 0.25) is 5.91 Å². The molecule has 128 valence electrons. The van der Waals surface area contributed by atoms with Gasteiger partial charge in [-0.3, -0.25) is 4.79 Å². The minimum atomic E-state index is -3.94. The lowest BCUT2D eigenvalue weighted by atomic mass is 10.1. The van der Waals surface area contributed by atoms with Crippen LogP contribution in [0.3, 0.4) is 0 Å². The van der Waals surface area contributed by atoms with Gasteiger partial charge in [-0.25, -0.2) is 13.2 Å². The Bertz CT molecular complexity index is 926. The number of amides is 1. The summed E-state index contributed by atoms with van der Waals surface area (Å²) in [7, 11) is -3.94. The van der Waals surface area contributed by atoms with Gasteiger partial charge in [0, 0.05) is 6.54 Å². The van der Waals surface area contributed by atoms with E-state index in [0.29, 0.717) is 0 Å². The maximum atomic E-state index is 12.9. The molecule has 25 heavy (non-hydrogen) atoms. The lowest BCUT2D eigenvalue weighted by molar-refractivity contribution is -0.179. The Balaban J connectivity index is 1.69. The molecule has 2 aromatic rings. The number of hydrogen-bond acceptors (Lipinski definition) is 5. The minimum Gasteiger partial charge on any atom is -0.456 e. The predicted octanol–water partition coefficient (Wildman–Crippen LogP) is 1.17.